The zero-order valence-electron chi connectivity index (χ0n) is 12.5. The first-order valence-electron chi connectivity index (χ1n) is 7.70. The lowest BCUT2D eigenvalue weighted by Crippen LogP contribution is -2.38. The fourth-order valence-corrected chi connectivity index (χ4v) is 2.80. The zero-order chi connectivity index (χ0) is 14.4. The lowest BCUT2D eigenvalue weighted by molar-refractivity contribution is 0.0922. The van der Waals surface area contributed by atoms with Crippen molar-refractivity contribution in [1.29, 1.82) is 0 Å². The Kier molecular flexibility index (Phi) is 5.39. The van der Waals surface area contributed by atoms with Gasteiger partial charge in [-0.3, -0.25) is 4.79 Å². The number of rotatable bonds is 5. The van der Waals surface area contributed by atoms with E-state index in [-0.39, 0.29) is 5.91 Å². The Labute approximate surface area is 121 Å². The molecule has 1 aromatic heterocycles. The van der Waals surface area contributed by atoms with Crippen LogP contribution in [0, 0.1) is 5.92 Å². The highest BCUT2D eigenvalue weighted by Crippen LogP contribution is 2.24. The van der Waals surface area contributed by atoms with E-state index in [9.17, 15) is 4.79 Å². The maximum absolute atomic E-state index is 12.4. The molecule has 4 nitrogen and oxygen atoms in total. The van der Waals surface area contributed by atoms with Gasteiger partial charge in [-0.2, -0.15) is 0 Å². The maximum atomic E-state index is 12.4. The molecule has 1 aromatic rings. The molecule has 1 aliphatic carbocycles. The smallest absolute Gasteiger partial charge is 0.255 e. The average Bonchev–Trinajstić information content (AvgIpc) is 2.45. The average molecular weight is 275 g/mol. The molecule has 0 aliphatic heterocycles. The number of anilines is 1. The van der Waals surface area contributed by atoms with Crippen molar-refractivity contribution < 1.29 is 4.79 Å². The molecule has 20 heavy (non-hydrogen) atoms. The quantitative estimate of drug-likeness (QED) is 0.867. The van der Waals surface area contributed by atoms with Crippen LogP contribution < -0.4 is 10.6 Å². The van der Waals surface area contributed by atoms with Crippen molar-refractivity contribution in [1.82, 2.24) is 10.3 Å². The van der Waals surface area contributed by atoms with Crippen molar-refractivity contribution >= 4 is 11.7 Å². The number of aromatic nitrogens is 1. The minimum Gasteiger partial charge on any atom is -0.369 e. The van der Waals surface area contributed by atoms with Gasteiger partial charge in [-0.15, -0.1) is 0 Å². The molecule has 4 heteroatoms. The molecular weight excluding hydrogens is 250 g/mol. The number of pyridine rings is 1. The van der Waals surface area contributed by atoms with Crippen LogP contribution in [-0.2, 0) is 0 Å². The van der Waals surface area contributed by atoms with Gasteiger partial charge in [0.15, 0.2) is 0 Å². The Morgan fingerprint density at radius 1 is 1.45 bits per heavy atom. The van der Waals surface area contributed by atoms with Crippen LogP contribution in [-0.4, -0.2) is 23.5 Å². The second-order valence-electron chi connectivity index (χ2n) is 5.77. The Morgan fingerprint density at radius 3 is 3.05 bits per heavy atom. The molecule has 1 aliphatic rings. The van der Waals surface area contributed by atoms with Crippen LogP contribution in [0.3, 0.4) is 0 Å². The van der Waals surface area contributed by atoms with E-state index in [4.69, 9.17) is 0 Å². The van der Waals surface area contributed by atoms with Gasteiger partial charge in [0.05, 0.1) is 5.56 Å². The van der Waals surface area contributed by atoms with Crippen molar-refractivity contribution in [3.63, 3.8) is 0 Å². The second kappa shape index (κ2) is 7.27. The third kappa shape index (κ3) is 3.95. The van der Waals surface area contributed by atoms with Gasteiger partial charge in [-0.25, -0.2) is 4.98 Å². The van der Waals surface area contributed by atoms with E-state index in [1.165, 1.54) is 12.8 Å². The number of carbonyl (C=O) groups is 1. The van der Waals surface area contributed by atoms with Crippen molar-refractivity contribution in [2.75, 3.05) is 11.9 Å². The summed E-state index contributed by atoms with van der Waals surface area (Å²) >= 11 is 0. The second-order valence-corrected chi connectivity index (χ2v) is 5.77. The number of nitrogens with zero attached hydrogens (tertiary/aromatic N) is 1. The summed E-state index contributed by atoms with van der Waals surface area (Å²) in [6, 6.07) is 3.97. The topological polar surface area (TPSA) is 54.0 Å². The zero-order valence-corrected chi connectivity index (χ0v) is 12.5. The van der Waals surface area contributed by atoms with Gasteiger partial charge in [0.2, 0.25) is 0 Å². The Hall–Kier alpha value is -1.58. The van der Waals surface area contributed by atoms with Crippen molar-refractivity contribution in [2.24, 2.45) is 5.92 Å². The molecule has 0 bridgehead atoms. The molecule has 2 atom stereocenters. The largest absolute Gasteiger partial charge is 0.369 e. The fourth-order valence-electron chi connectivity index (χ4n) is 2.80. The van der Waals surface area contributed by atoms with E-state index in [1.807, 2.05) is 12.1 Å². The van der Waals surface area contributed by atoms with Crippen molar-refractivity contribution in [2.45, 2.75) is 52.0 Å². The molecule has 1 fully saturated rings. The third-order valence-electron chi connectivity index (χ3n) is 3.87. The van der Waals surface area contributed by atoms with E-state index in [0.717, 1.165) is 25.8 Å². The molecule has 1 amide bonds. The lowest BCUT2D eigenvalue weighted by Gasteiger charge is -2.27. The summed E-state index contributed by atoms with van der Waals surface area (Å²) in [5.74, 6) is 1.40. The molecule has 2 unspecified atom stereocenters. The molecule has 1 saturated carbocycles. The minimum absolute atomic E-state index is 0.00389. The van der Waals surface area contributed by atoms with Crippen molar-refractivity contribution in [3.8, 4) is 0 Å². The van der Waals surface area contributed by atoms with E-state index in [2.05, 4.69) is 29.5 Å². The van der Waals surface area contributed by atoms with Crippen LogP contribution in [0.1, 0.15) is 56.3 Å². The van der Waals surface area contributed by atoms with Crippen LogP contribution in [0.5, 0.6) is 0 Å². The number of carbonyl (C=O) groups excluding carboxylic acids is 1. The van der Waals surface area contributed by atoms with Gasteiger partial charge in [0.1, 0.15) is 5.82 Å². The minimum atomic E-state index is -0.00389. The molecule has 0 radical (unpaired) electrons. The maximum Gasteiger partial charge on any atom is 0.255 e. The number of nitrogens with one attached hydrogen (secondary N) is 2. The van der Waals surface area contributed by atoms with Gasteiger partial charge in [0.25, 0.3) is 5.91 Å². The highest BCUT2D eigenvalue weighted by Gasteiger charge is 2.22. The number of amides is 1. The molecule has 0 aromatic carbocycles. The van der Waals surface area contributed by atoms with Gasteiger partial charge in [-0.1, -0.05) is 26.7 Å². The summed E-state index contributed by atoms with van der Waals surface area (Å²) in [4.78, 5) is 16.7. The first-order valence-corrected chi connectivity index (χ1v) is 7.70. The van der Waals surface area contributed by atoms with Crippen LogP contribution in [0.4, 0.5) is 5.82 Å². The summed E-state index contributed by atoms with van der Waals surface area (Å²) in [6.07, 6.45) is 7.40. The normalized spacial score (nSPS) is 22.3. The van der Waals surface area contributed by atoms with E-state index >= 15 is 0 Å². The summed E-state index contributed by atoms with van der Waals surface area (Å²) in [5.41, 5.74) is 0.652. The molecular formula is C16H25N3O. The van der Waals surface area contributed by atoms with Crippen LogP contribution in [0.25, 0.3) is 0 Å². The molecule has 2 rings (SSSR count). The van der Waals surface area contributed by atoms with Gasteiger partial charge in [-0.05, 0) is 37.3 Å². The van der Waals surface area contributed by atoms with Crippen LogP contribution >= 0.6 is 0 Å². The van der Waals surface area contributed by atoms with E-state index in [0.29, 0.717) is 23.3 Å². The van der Waals surface area contributed by atoms with Gasteiger partial charge >= 0.3 is 0 Å². The Morgan fingerprint density at radius 2 is 2.30 bits per heavy atom. The van der Waals surface area contributed by atoms with Crippen LogP contribution in [0.2, 0.25) is 0 Å². The predicted octanol–water partition coefficient (Wildman–Crippen LogP) is 3.21. The van der Waals surface area contributed by atoms with Gasteiger partial charge < -0.3 is 10.6 Å². The third-order valence-corrected chi connectivity index (χ3v) is 3.87. The summed E-state index contributed by atoms with van der Waals surface area (Å²) in [7, 11) is 0. The monoisotopic (exact) mass is 275 g/mol. The van der Waals surface area contributed by atoms with E-state index in [1.54, 1.807) is 6.20 Å². The Balaban J connectivity index is 2.01. The molecule has 1 heterocycles. The van der Waals surface area contributed by atoms with Gasteiger partial charge in [0, 0.05) is 18.8 Å². The molecule has 0 saturated heterocycles. The number of hydrogen-bond donors (Lipinski definition) is 2. The van der Waals surface area contributed by atoms with Crippen molar-refractivity contribution in [3.05, 3.63) is 23.9 Å². The first-order chi connectivity index (χ1) is 9.70. The summed E-state index contributed by atoms with van der Waals surface area (Å²) in [5, 5.41) is 6.38. The standard InChI is InChI=1S/C16H25N3O/c1-3-9-17-15-14(8-5-10-18-15)16(20)19-13-7-4-6-12(2)11-13/h5,8,10,12-13H,3-4,6-7,9,11H2,1-2H3,(H,17,18)(H,19,20). The SMILES string of the molecule is CCCNc1ncccc1C(=O)NC1CCCC(C)C1. The highest BCUT2D eigenvalue weighted by molar-refractivity contribution is 5.98. The highest BCUT2D eigenvalue weighted by atomic mass is 16.1. The predicted molar refractivity (Wildman–Crippen MR) is 81.9 cm³/mol. The molecule has 0 spiro atoms. The molecule has 110 valence electrons. The summed E-state index contributed by atoms with van der Waals surface area (Å²) < 4.78 is 0. The fraction of sp³-hybridized carbons (Fsp3) is 0.625. The number of hydrogen-bond acceptors (Lipinski definition) is 3. The lowest BCUT2D eigenvalue weighted by atomic mass is 9.87. The Bertz CT molecular complexity index is 447. The first kappa shape index (κ1) is 14.8. The molecule has 2 N–H and O–H groups in total. The summed E-state index contributed by atoms with van der Waals surface area (Å²) in [6.45, 7) is 5.19. The van der Waals surface area contributed by atoms with E-state index < -0.39 is 0 Å². The van der Waals surface area contributed by atoms with Crippen LogP contribution in [0.15, 0.2) is 18.3 Å².